The molecule has 0 spiro atoms. The molecule has 0 aliphatic carbocycles. The minimum Gasteiger partial charge on any atom is -0.393 e. The average molecular weight is 187 g/mol. The maximum absolute atomic E-state index is 12.9. The summed E-state index contributed by atoms with van der Waals surface area (Å²) in [5.41, 5.74) is 5.38. The van der Waals surface area contributed by atoms with Crippen molar-refractivity contribution < 1.29 is 8.78 Å². The summed E-state index contributed by atoms with van der Waals surface area (Å²) >= 11 is 4.57. The molecule has 0 saturated carbocycles. The van der Waals surface area contributed by atoms with Crippen LogP contribution in [-0.2, 0) is 6.42 Å². The lowest BCUT2D eigenvalue weighted by molar-refractivity contribution is 0.502. The Kier molecular flexibility index (Phi) is 2.70. The van der Waals surface area contributed by atoms with Crippen LogP contribution in [0, 0.1) is 11.6 Å². The van der Waals surface area contributed by atoms with E-state index in [1.54, 1.807) is 0 Å². The van der Waals surface area contributed by atoms with Crippen LogP contribution in [0.2, 0.25) is 0 Å². The molecule has 0 amide bonds. The van der Waals surface area contributed by atoms with Crippen LogP contribution in [0.3, 0.4) is 0 Å². The van der Waals surface area contributed by atoms with Gasteiger partial charge < -0.3 is 5.73 Å². The average Bonchev–Trinajstić information content (AvgIpc) is 1.98. The van der Waals surface area contributed by atoms with Gasteiger partial charge >= 0.3 is 0 Å². The fourth-order valence-corrected chi connectivity index (χ4v) is 1.03. The lowest BCUT2D eigenvalue weighted by Gasteiger charge is -2.01. The molecule has 0 aliphatic heterocycles. The van der Waals surface area contributed by atoms with Crippen LogP contribution in [0.15, 0.2) is 18.2 Å². The SMILES string of the molecule is NC(=S)Cc1cccc(F)c1F. The Labute approximate surface area is 74.2 Å². The molecule has 1 aromatic rings. The van der Waals surface area contributed by atoms with E-state index in [9.17, 15) is 8.78 Å². The molecular formula is C8H7F2NS. The normalized spacial score (nSPS) is 9.83. The minimum absolute atomic E-state index is 0.0962. The first kappa shape index (κ1) is 9.06. The molecule has 0 bridgehead atoms. The van der Waals surface area contributed by atoms with Crippen molar-refractivity contribution in [2.75, 3.05) is 0 Å². The summed E-state index contributed by atoms with van der Waals surface area (Å²) in [5, 5.41) is 0. The zero-order valence-electron chi connectivity index (χ0n) is 6.18. The van der Waals surface area contributed by atoms with Gasteiger partial charge in [0.15, 0.2) is 11.6 Å². The number of hydrogen-bond donors (Lipinski definition) is 1. The van der Waals surface area contributed by atoms with E-state index in [-0.39, 0.29) is 17.0 Å². The molecule has 0 atom stereocenters. The molecule has 0 saturated heterocycles. The molecule has 0 radical (unpaired) electrons. The molecule has 0 unspecified atom stereocenters. The molecular weight excluding hydrogens is 180 g/mol. The molecule has 64 valence electrons. The monoisotopic (exact) mass is 187 g/mol. The second kappa shape index (κ2) is 3.58. The fourth-order valence-electron chi connectivity index (χ4n) is 0.873. The topological polar surface area (TPSA) is 26.0 Å². The second-order valence-electron chi connectivity index (χ2n) is 2.36. The van der Waals surface area contributed by atoms with E-state index in [0.717, 1.165) is 6.07 Å². The predicted octanol–water partition coefficient (Wildman–Crippen LogP) is 1.79. The first-order valence-corrected chi connectivity index (χ1v) is 3.73. The van der Waals surface area contributed by atoms with Gasteiger partial charge in [0.25, 0.3) is 0 Å². The summed E-state index contributed by atoms with van der Waals surface area (Å²) in [6.07, 6.45) is 0.0962. The van der Waals surface area contributed by atoms with Crippen molar-refractivity contribution in [1.82, 2.24) is 0 Å². The van der Waals surface area contributed by atoms with E-state index in [1.807, 2.05) is 0 Å². The molecule has 0 aromatic heterocycles. The molecule has 12 heavy (non-hydrogen) atoms. The van der Waals surface area contributed by atoms with Crippen LogP contribution >= 0.6 is 12.2 Å². The molecule has 0 heterocycles. The largest absolute Gasteiger partial charge is 0.393 e. The Balaban J connectivity index is 3.00. The molecule has 2 N–H and O–H groups in total. The van der Waals surface area contributed by atoms with Gasteiger partial charge in [0.2, 0.25) is 0 Å². The van der Waals surface area contributed by atoms with Gasteiger partial charge in [-0.3, -0.25) is 0 Å². The molecule has 1 rings (SSSR count). The quantitative estimate of drug-likeness (QED) is 0.714. The highest BCUT2D eigenvalue weighted by Crippen LogP contribution is 2.11. The fraction of sp³-hybridized carbons (Fsp3) is 0.125. The van der Waals surface area contributed by atoms with Gasteiger partial charge in [0.1, 0.15) is 0 Å². The van der Waals surface area contributed by atoms with Crippen molar-refractivity contribution in [1.29, 1.82) is 0 Å². The third-order valence-electron chi connectivity index (χ3n) is 1.40. The first-order chi connectivity index (χ1) is 5.61. The summed E-state index contributed by atoms with van der Waals surface area (Å²) in [5.74, 6) is -1.74. The zero-order chi connectivity index (χ0) is 9.14. The number of halogens is 2. The van der Waals surface area contributed by atoms with Crippen LogP contribution in [-0.4, -0.2) is 4.99 Å². The van der Waals surface area contributed by atoms with E-state index in [0.29, 0.717) is 0 Å². The van der Waals surface area contributed by atoms with E-state index in [4.69, 9.17) is 5.73 Å². The van der Waals surface area contributed by atoms with E-state index in [1.165, 1.54) is 12.1 Å². The van der Waals surface area contributed by atoms with Crippen LogP contribution in [0.5, 0.6) is 0 Å². The highest BCUT2D eigenvalue weighted by atomic mass is 32.1. The number of hydrogen-bond acceptors (Lipinski definition) is 1. The molecule has 1 nitrogen and oxygen atoms in total. The van der Waals surface area contributed by atoms with Gasteiger partial charge in [-0.15, -0.1) is 0 Å². The Morgan fingerprint density at radius 1 is 1.42 bits per heavy atom. The van der Waals surface area contributed by atoms with E-state index in [2.05, 4.69) is 12.2 Å². The molecule has 4 heteroatoms. The molecule has 0 aliphatic rings. The molecule has 1 aromatic carbocycles. The van der Waals surface area contributed by atoms with Gasteiger partial charge in [0.05, 0.1) is 4.99 Å². The maximum Gasteiger partial charge on any atom is 0.162 e. The smallest absolute Gasteiger partial charge is 0.162 e. The Bertz CT molecular complexity index is 312. The van der Waals surface area contributed by atoms with Gasteiger partial charge in [-0.05, 0) is 11.6 Å². The van der Waals surface area contributed by atoms with E-state index < -0.39 is 11.6 Å². The third kappa shape index (κ3) is 1.98. The van der Waals surface area contributed by atoms with E-state index >= 15 is 0 Å². The van der Waals surface area contributed by atoms with Gasteiger partial charge in [0, 0.05) is 6.42 Å². The number of benzene rings is 1. The summed E-state index contributed by atoms with van der Waals surface area (Å²) < 4.78 is 25.4. The second-order valence-corrected chi connectivity index (χ2v) is 2.88. The lowest BCUT2D eigenvalue weighted by atomic mass is 10.1. The van der Waals surface area contributed by atoms with Crippen molar-refractivity contribution >= 4 is 17.2 Å². The highest BCUT2D eigenvalue weighted by Gasteiger charge is 2.07. The van der Waals surface area contributed by atoms with Crippen molar-refractivity contribution in [3.63, 3.8) is 0 Å². The standard InChI is InChI=1S/C8H7F2NS/c9-6-3-1-2-5(8(6)10)4-7(11)12/h1-3H,4H2,(H2,11,12). The van der Waals surface area contributed by atoms with Crippen LogP contribution in [0.25, 0.3) is 0 Å². The van der Waals surface area contributed by atoms with Crippen molar-refractivity contribution in [3.05, 3.63) is 35.4 Å². The minimum atomic E-state index is -0.872. The predicted molar refractivity (Wildman–Crippen MR) is 46.8 cm³/mol. The highest BCUT2D eigenvalue weighted by molar-refractivity contribution is 7.80. The van der Waals surface area contributed by atoms with Gasteiger partial charge in [-0.25, -0.2) is 8.78 Å². The van der Waals surface area contributed by atoms with Crippen molar-refractivity contribution in [2.24, 2.45) is 5.73 Å². The zero-order valence-corrected chi connectivity index (χ0v) is 7.00. The summed E-state index contributed by atoms with van der Waals surface area (Å²) in [6.45, 7) is 0. The van der Waals surface area contributed by atoms with Crippen LogP contribution in [0.4, 0.5) is 8.78 Å². The summed E-state index contributed by atoms with van der Waals surface area (Å²) in [6, 6.07) is 3.93. The number of thiocarbonyl (C=S) groups is 1. The summed E-state index contributed by atoms with van der Waals surface area (Å²) in [4.78, 5) is 0.152. The maximum atomic E-state index is 12.9. The number of rotatable bonds is 2. The Morgan fingerprint density at radius 3 is 2.67 bits per heavy atom. The molecule has 0 fully saturated rings. The van der Waals surface area contributed by atoms with Crippen LogP contribution in [0.1, 0.15) is 5.56 Å². The van der Waals surface area contributed by atoms with Gasteiger partial charge in [-0.1, -0.05) is 24.4 Å². The summed E-state index contributed by atoms with van der Waals surface area (Å²) in [7, 11) is 0. The van der Waals surface area contributed by atoms with Crippen LogP contribution < -0.4 is 5.73 Å². The Hall–Kier alpha value is -1.03. The lowest BCUT2D eigenvalue weighted by Crippen LogP contribution is -2.12. The van der Waals surface area contributed by atoms with Crippen molar-refractivity contribution in [2.45, 2.75) is 6.42 Å². The Morgan fingerprint density at radius 2 is 2.08 bits per heavy atom. The van der Waals surface area contributed by atoms with Crippen molar-refractivity contribution in [3.8, 4) is 0 Å². The third-order valence-corrected chi connectivity index (χ3v) is 1.54. The number of nitrogens with two attached hydrogens (primary N) is 1. The van der Waals surface area contributed by atoms with Gasteiger partial charge in [-0.2, -0.15) is 0 Å². The first-order valence-electron chi connectivity index (χ1n) is 3.32.